The van der Waals surface area contributed by atoms with Crippen molar-refractivity contribution in [3.05, 3.63) is 60.8 Å². The fraction of sp³-hybridized carbons (Fsp3) is 0.125. The van der Waals surface area contributed by atoms with Gasteiger partial charge in [0.05, 0.1) is 11.3 Å². The zero-order valence-electron chi connectivity index (χ0n) is 13.1. The maximum Gasteiger partial charge on any atom is 0.422 e. The topological polar surface area (TPSA) is 81.9 Å². The van der Waals surface area contributed by atoms with E-state index in [1.807, 2.05) is 0 Å². The maximum absolute atomic E-state index is 12.2. The average Bonchev–Trinajstić information content (AvgIpc) is 3.15. The number of nitrogens with zero attached hydrogens (tertiary/aromatic N) is 4. The average molecular weight is 363 g/mol. The van der Waals surface area contributed by atoms with Crippen LogP contribution < -0.4 is 10.1 Å². The number of aromatic nitrogens is 4. The van der Waals surface area contributed by atoms with Gasteiger partial charge in [0, 0.05) is 18.0 Å². The molecule has 0 spiro atoms. The minimum atomic E-state index is -4.45. The number of hydrogen-bond acceptors (Lipinski definition) is 5. The zero-order chi connectivity index (χ0) is 18.6. The van der Waals surface area contributed by atoms with E-state index >= 15 is 0 Å². The van der Waals surface area contributed by atoms with Crippen molar-refractivity contribution in [2.24, 2.45) is 0 Å². The third kappa shape index (κ3) is 4.56. The highest BCUT2D eigenvalue weighted by atomic mass is 19.4. The first-order valence-corrected chi connectivity index (χ1v) is 7.33. The van der Waals surface area contributed by atoms with E-state index in [-0.39, 0.29) is 11.4 Å². The minimum absolute atomic E-state index is 0.185. The van der Waals surface area contributed by atoms with Gasteiger partial charge in [-0.1, -0.05) is 0 Å². The number of rotatable bonds is 5. The third-order valence-corrected chi connectivity index (χ3v) is 3.19. The third-order valence-electron chi connectivity index (χ3n) is 3.19. The van der Waals surface area contributed by atoms with E-state index < -0.39 is 18.7 Å². The SMILES string of the molecule is O=C(Nc1ccc(-n2cncn2)cc1)c1ccc(OCC(F)(F)F)nc1. The molecule has 0 aliphatic carbocycles. The Morgan fingerprint density at radius 1 is 1.15 bits per heavy atom. The fourth-order valence-corrected chi connectivity index (χ4v) is 2.00. The lowest BCUT2D eigenvalue weighted by Crippen LogP contribution is -2.19. The summed E-state index contributed by atoms with van der Waals surface area (Å²) in [6.07, 6.45) is -0.354. The van der Waals surface area contributed by atoms with Crippen LogP contribution in [0, 0.1) is 0 Å². The fourth-order valence-electron chi connectivity index (χ4n) is 2.00. The van der Waals surface area contributed by atoms with Crippen molar-refractivity contribution in [2.75, 3.05) is 11.9 Å². The van der Waals surface area contributed by atoms with Gasteiger partial charge < -0.3 is 10.1 Å². The number of pyridine rings is 1. The number of halogens is 3. The summed E-state index contributed by atoms with van der Waals surface area (Å²) in [6, 6.07) is 9.39. The molecule has 26 heavy (non-hydrogen) atoms. The first-order valence-electron chi connectivity index (χ1n) is 7.33. The van der Waals surface area contributed by atoms with Crippen molar-refractivity contribution < 1.29 is 22.7 Å². The quantitative estimate of drug-likeness (QED) is 0.754. The molecule has 0 aliphatic rings. The standard InChI is InChI=1S/C16H12F3N5O2/c17-16(18,19)8-26-14-6-1-11(7-21-14)15(25)23-12-2-4-13(5-3-12)24-10-20-9-22-24/h1-7,9-10H,8H2,(H,23,25). The first-order chi connectivity index (χ1) is 12.4. The van der Waals surface area contributed by atoms with Gasteiger partial charge >= 0.3 is 6.18 Å². The summed E-state index contributed by atoms with van der Waals surface area (Å²) in [6.45, 7) is -1.44. The van der Waals surface area contributed by atoms with Crippen LogP contribution in [0.3, 0.4) is 0 Å². The smallest absolute Gasteiger partial charge is 0.422 e. The van der Waals surface area contributed by atoms with Gasteiger partial charge in [-0.2, -0.15) is 18.3 Å². The molecule has 0 saturated carbocycles. The Labute approximate surface area is 145 Å². The van der Waals surface area contributed by atoms with Gasteiger partial charge in [0.2, 0.25) is 5.88 Å². The molecule has 10 heteroatoms. The number of alkyl halides is 3. The number of hydrogen-bond donors (Lipinski definition) is 1. The highest BCUT2D eigenvalue weighted by Gasteiger charge is 2.28. The molecule has 0 fully saturated rings. The first kappa shape index (κ1) is 17.4. The summed E-state index contributed by atoms with van der Waals surface area (Å²) < 4.78 is 42.3. The molecule has 0 aliphatic heterocycles. The van der Waals surface area contributed by atoms with Crippen LogP contribution in [-0.4, -0.2) is 38.4 Å². The lowest BCUT2D eigenvalue weighted by Gasteiger charge is -2.09. The summed E-state index contributed by atoms with van der Waals surface area (Å²) in [4.78, 5) is 19.7. The Kier molecular flexibility index (Phi) is 4.83. The van der Waals surface area contributed by atoms with Crippen LogP contribution in [0.2, 0.25) is 0 Å². The molecule has 3 aromatic rings. The van der Waals surface area contributed by atoms with Crippen molar-refractivity contribution in [1.29, 1.82) is 0 Å². The molecule has 2 heterocycles. The molecule has 1 N–H and O–H groups in total. The van der Waals surface area contributed by atoms with Crippen LogP contribution in [0.4, 0.5) is 18.9 Å². The molecule has 0 atom stereocenters. The van der Waals surface area contributed by atoms with Crippen molar-refractivity contribution in [3.63, 3.8) is 0 Å². The molecule has 0 unspecified atom stereocenters. The molecule has 0 radical (unpaired) electrons. The van der Waals surface area contributed by atoms with Crippen molar-refractivity contribution in [3.8, 4) is 11.6 Å². The van der Waals surface area contributed by atoms with Crippen LogP contribution in [0.25, 0.3) is 5.69 Å². The van der Waals surface area contributed by atoms with E-state index in [0.29, 0.717) is 5.69 Å². The molecule has 1 aromatic carbocycles. The van der Waals surface area contributed by atoms with E-state index in [1.54, 1.807) is 35.3 Å². The minimum Gasteiger partial charge on any atom is -0.468 e. The molecule has 134 valence electrons. The molecule has 1 amide bonds. The number of nitrogens with one attached hydrogen (secondary N) is 1. The summed E-state index contributed by atoms with van der Waals surface area (Å²) in [5, 5.41) is 6.65. The molecule has 0 bridgehead atoms. The van der Waals surface area contributed by atoms with Gasteiger partial charge in [0.25, 0.3) is 5.91 Å². The second kappa shape index (κ2) is 7.21. The largest absolute Gasteiger partial charge is 0.468 e. The van der Waals surface area contributed by atoms with Gasteiger partial charge in [-0.25, -0.2) is 14.6 Å². The number of amides is 1. The lowest BCUT2D eigenvalue weighted by atomic mass is 10.2. The van der Waals surface area contributed by atoms with Crippen molar-refractivity contribution >= 4 is 11.6 Å². The molecule has 0 saturated heterocycles. The summed E-state index contributed by atoms with van der Waals surface area (Å²) in [5.41, 5.74) is 1.49. The van der Waals surface area contributed by atoms with E-state index in [2.05, 4.69) is 25.1 Å². The normalized spacial score (nSPS) is 11.2. The molecule has 3 rings (SSSR count). The molecule has 7 nitrogen and oxygen atoms in total. The summed E-state index contributed by atoms with van der Waals surface area (Å²) in [5.74, 6) is -0.663. The number of ether oxygens (including phenoxy) is 1. The van der Waals surface area contributed by atoms with Crippen molar-refractivity contribution in [2.45, 2.75) is 6.18 Å². The van der Waals surface area contributed by atoms with Crippen LogP contribution in [-0.2, 0) is 0 Å². The Hall–Kier alpha value is -3.43. The number of anilines is 1. The van der Waals surface area contributed by atoms with Crippen LogP contribution in [0.1, 0.15) is 10.4 Å². The lowest BCUT2D eigenvalue weighted by molar-refractivity contribution is -0.154. The maximum atomic E-state index is 12.2. The molecule has 2 aromatic heterocycles. The van der Waals surface area contributed by atoms with Gasteiger partial charge in [-0.3, -0.25) is 4.79 Å². The summed E-state index contributed by atoms with van der Waals surface area (Å²) in [7, 11) is 0. The zero-order valence-corrected chi connectivity index (χ0v) is 13.1. The second-order valence-electron chi connectivity index (χ2n) is 5.13. The number of benzene rings is 1. The predicted octanol–water partition coefficient (Wildman–Crippen LogP) is 2.86. The Morgan fingerprint density at radius 2 is 1.92 bits per heavy atom. The summed E-state index contributed by atoms with van der Waals surface area (Å²) >= 11 is 0. The number of carbonyl (C=O) groups is 1. The Bertz CT molecular complexity index is 862. The molecular weight excluding hydrogens is 351 g/mol. The van der Waals surface area contributed by atoms with Gasteiger partial charge in [0.1, 0.15) is 12.7 Å². The van der Waals surface area contributed by atoms with Crippen molar-refractivity contribution in [1.82, 2.24) is 19.7 Å². The highest BCUT2D eigenvalue weighted by molar-refractivity contribution is 6.04. The Balaban J connectivity index is 1.61. The highest BCUT2D eigenvalue weighted by Crippen LogP contribution is 2.18. The number of carbonyl (C=O) groups excluding carboxylic acids is 1. The van der Waals surface area contributed by atoms with Crippen LogP contribution >= 0.6 is 0 Å². The van der Waals surface area contributed by atoms with E-state index in [0.717, 1.165) is 11.9 Å². The monoisotopic (exact) mass is 363 g/mol. The second-order valence-corrected chi connectivity index (χ2v) is 5.13. The predicted molar refractivity (Wildman–Crippen MR) is 85.1 cm³/mol. The Morgan fingerprint density at radius 3 is 2.50 bits per heavy atom. The van der Waals surface area contributed by atoms with Crippen LogP contribution in [0.15, 0.2) is 55.2 Å². The van der Waals surface area contributed by atoms with Gasteiger partial charge in [-0.05, 0) is 30.3 Å². The van der Waals surface area contributed by atoms with E-state index in [1.165, 1.54) is 18.5 Å². The van der Waals surface area contributed by atoms with E-state index in [4.69, 9.17) is 0 Å². The van der Waals surface area contributed by atoms with Gasteiger partial charge in [-0.15, -0.1) is 0 Å². The van der Waals surface area contributed by atoms with Gasteiger partial charge in [0.15, 0.2) is 6.61 Å². The van der Waals surface area contributed by atoms with E-state index in [9.17, 15) is 18.0 Å². The van der Waals surface area contributed by atoms with Crippen LogP contribution in [0.5, 0.6) is 5.88 Å². The molecular formula is C16H12F3N5O2.